The van der Waals surface area contributed by atoms with Crippen LogP contribution in [0.5, 0.6) is 0 Å². The average Bonchev–Trinajstić information content (AvgIpc) is 2.79. The molecule has 0 atom stereocenters. The first kappa shape index (κ1) is 22.6. The number of hydrogen-bond donors (Lipinski definition) is 1. The average molecular weight is 454 g/mol. The number of benzene rings is 3. The Morgan fingerprint density at radius 3 is 2.29 bits per heavy atom. The fourth-order valence-corrected chi connectivity index (χ4v) is 4.81. The van der Waals surface area contributed by atoms with Crippen LogP contribution < -0.4 is 9.73 Å². The van der Waals surface area contributed by atoms with Crippen LogP contribution in [-0.2, 0) is 14.8 Å². The summed E-state index contributed by atoms with van der Waals surface area (Å²) in [6.07, 6.45) is 3.51. The maximum Gasteiger partial charge on any atom is 0.264 e. The first-order chi connectivity index (χ1) is 14.9. The summed E-state index contributed by atoms with van der Waals surface area (Å²) in [4.78, 5) is 13.8. The maximum absolute atomic E-state index is 13.3. The number of anilines is 1. The summed E-state index contributed by atoms with van der Waals surface area (Å²) in [5, 5.41) is 3.97. The first-order valence-electron chi connectivity index (χ1n) is 9.51. The van der Waals surface area contributed by atoms with Crippen molar-refractivity contribution in [3.8, 4) is 0 Å². The van der Waals surface area contributed by atoms with Crippen LogP contribution in [0.25, 0.3) is 0 Å². The van der Waals surface area contributed by atoms with E-state index in [-0.39, 0.29) is 4.90 Å². The molecule has 0 aliphatic heterocycles. The zero-order valence-corrected chi connectivity index (χ0v) is 18.9. The van der Waals surface area contributed by atoms with Crippen molar-refractivity contribution in [3.05, 3.63) is 90.0 Å². The molecule has 0 aromatic heterocycles. The number of aryl methyl sites for hydroxylation is 1. The van der Waals surface area contributed by atoms with Crippen LogP contribution in [0, 0.1) is 6.92 Å². The second-order valence-electron chi connectivity index (χ2n) is 6.68. The fraction of sp³-hybridized carbons (Fsp3) is 0.130. The van der Waals surface area contributed by atoms with Gasteiger partial charge in [0.15, 0.2) is 0 Å². The van der Waals surface area contributed by atoms with Crippen LogP contribution in [0.4, 0.5) is 5.69 Å². The van der Waals surface area contributed by atoms with Gasteiger partial charge in [0.05, 0.1) is 16.8 Å². The molecule has 1 amide bonds. The Morgan fingerprint density at radius 2 is 1.65 bits per heavy atom. The Labute approximate surface area is 187 Å². The van der Waals surface area contributed by atoms with E-state index in [0.717, 1.165) is 20.3 Å². The van der Waals surface area contributed by atoms with Crippen LogP contribution in [0.1, 0.15) is 11.1 Å². The minimum atomic E-state index is -3.94. The van der Waals surface area contributed by atoms with Crippen molar-refractivity contribution < 1.29 is 13.2 Å². The molecule has 0 radical (unpaired) electrons. The van der Waals surface area contributed by atoms with E-state index in [1.807, 2.05) is 36.6 Å². The van der Waals surface area contributed by atoms with Gasteiger partial charge in [0, 0.05) is 4.90 Å². The summed E-state index contributed by atoms with van der Waals surface area (Å²) in [7, 11) is -3.94. The minimum absolute atomic E-state index is 0.114. The van der Waals surface area contributed by atoms with Crippen molar-refractivity contribution in [1.82, 2.24) is 5.43 Å². The highest BCUT2D eigenvalue weighted by Gasteiger charge is 2.27. The summed E-state index contributed by atoms with van der Waals surface area (Å²) >= 11 is 1.64. The van der Waals surface area contributed by atoms with Crippen LogP contribution in [-0.4, -0.2) is 33.3 Å². The van der Waals surface area contributed by atoms with E-state index in [4.69, 9.17) is 0 Å². The first-order valence-corrected chi connectivity index (χ1v) is 12.2. The van der Waals surface area contributed by atoms with Gasteiger partial charge in [-0.15, -0.1) is 11.8 Å². The molecule has 0 saturated carbocycles. The standard InChI is InChI=1S/C23H23N3O3S2/c1-18-8-6-7-11-22(18)26(31(28,29)21-9-4-3-5-10-21)17-23(27)25-24-16-19-12-14-20(30-2)15-13-19/h3-16H,17H2,1-2H3,(H,25,27)/b24-16-. The predicted octanol–water partition coefficient (Wildman–Crippen LogP) is 4.06. The zero-order chi connectivity index (χ0) is 22.3. The molecular weight excluding hydrogens is 430 g/mol. The number of amides is 1. The van der Waals surface area contributed by atoms with Gasteiger partial charge < -0.3 is 0 Å². The predicted molar refractivity (Wildman–Crippen MR) is 126 cm³/mol. The number of carbonyl (C=O) groups excluding carboxylic acids is 1. The van der Waals surface area contributed by atoms with Gasteiger partial charge in [-0.3, -0.25) is 9.10 Å². The van der Waals surface area contributed by atoms with E-state index in [0.29, 0.717) is 5.69 Å². The Morgan fingerprint density at radius 1 is 1.00 bits per heavy atom. The smallest absolute Gasteiger partial charge is 0.264 e. The molecule has 0 bridgehead atoms. The van der Waals surface area contributed by atoms with E-state index >= 15 is 0 Å². The van der Waals surface area contributed by atoms with E-state index in [9.17, 15) is 13.2 Å². The highest BCUT2D eigenvalue weighted by atomic mass is 32.2. The quantitative estimate of drug-likeness (QED) is 0.317. The molecule has 0 heterocycles. The van der Waals surface area contributed by atoms with Crippen molar-refractivity contribution in [1.29, 1.82) is 0 Å². The number of hydrazone groups is 1. The normalized spacial score (nSPS) is 11.4. The molecular formula is C23H23N3O3S2. The Kier molecular flexibility index (Phi) is 7.49. The summed E-state index contributed by atoms with van der Waals surface area (Å²) < 4.78 is 27.7. The van der Waals surface area contributed by atoms with Gasteiger partial charge in [0.25, 0.3) is 15.9 Å². The van der Waals surface area contributed by atoms with Gasteiger partial charge in [-0.1, -0.05) is 48.5 Å². The second kappa shape index (κ2) is 10.3. The van der Waals surface area contributed by atoms with Crippen LogP contribution in [0.3, 0.4) is 0 Å². The van der Waals surface area contributed by atoms with Crippen molar-refractivity contribution in [2.75, 3.05) is 17.1 Å². The lowest BCUT2D eigenvalue weighted by Gasteiger charge is -2.25. The number of carbonyl (C=O) groups is 1. The number of nitrogens with one attached hydrogen (secondary N) is 1. The second-order valence-corrected chi connectivity index (χ2v) is 9.42. The molecule has 0 saturated heterocycles. The molecule has 0 unspecified atom stereocenters. The fourth-order valence-electron chi connectivity index (χ4n) is 2.90. The van der Waals surface area contributed by atoms with Crippen molar-refractivity contribution >= 4 is 39.6 Å². The molecule has 8 heteroatoms. The highest BCUT2D eigenvalue weighted by molar-refractivity contribution is 7.98. The van der Waals surface area contributed by atoms with Gasteiger partial charge in [0.1, 0.15) is 6.54 Å². The summed E-state index contributed by atoms with van der Waals surface area (Å²) in [6.45, 7) is 1.40. The van der Waals surface area contributed by atoms with Crippen LogP contribution in [0.15, 0.2) is 93.8 Å². The van der Waals surface area contributed by atoms with Crippen molar-refractivity contribution in [2.45, 2.75) is 16.7 Å². The third kappa shape index (κ3) is 5.74. The molecule has 0 fully saturated rings. The van der Waals surface area contributed by atoms with Gasteiger partial charge >= 0.3 is 0 Å². The monoisotopic (exact) mass is 453 g/mol. The van der Waals surface area contributed by atoms with Crippen molar-refractivity contribution in [2.24, 2.45) is 5.10 Å². The van der Waals surface area contributed by atoms with Crippen molar-refractivity contribution in [3.63, 3.8) is 0 Å². The SMILES string of the molecule is CSc1ccc(/C=N\NC(=O)CN(c2ccccc2C)S(=O)(=O)c2ccccc2)cc1. The lowest BCUT2D eigenvalue weighted by atomic mass is 10.2. The summed E-state index contributed by atoms with van der Waals surface area (Å²) in [5.74, 6) is -0.542. The molecule has 160 valence electrons. The number of sulfonamides is 1. The van der Waals surface area contributed by atoms with Crippen LogP contribution in [0.2, 0.25) is 0 Å². The molecule has 3 aromatic carbocycles. The lowest BCUT2D eigenvalue weighted by Crippen LogP contribution is -2.40. The lowest BCUT2D eigenvalue weighted by molar-refractivity contribution is -0.119. The number of para-hydroxylation sites is 1. The largest absolute Gasteiger partial charge is 0.271 e. The third-order valence-corrected chi connectivity index (χ3v) is 7.04. The molecule has 0 aliphatic rings. The van der Waals surface area contributed by atoms with E-state index in [2.05, 4.69) is 10.5 Å². The highest BCUT2D eigenvalue weighted by Crippen LogP contribution is 2.26. The topological polar surface area (TPSA) is 78.8 Å². The zero-order valence-electron chi connectivity index (χ0n) is 17.2. The molecule has 6 nitrogen and oxygen atoms in total. The molecule has 3 aromatic rings. The number of nitrogens with zero attached hydrogens (tertiary/aromatic N) is 2. The van der Waals surface area contributed by atoms with Gasteiger partial charge in [-0.25, -0.2) is 13.8 Å². The molecule has 0 aliphatic carbocycles. The number of hydrogen-bond acceptors (Lipinski definition) is 5. The maximum atomic E-state index is 13.3. The number of thioether (sulfide) groups is 1. The van der Waals surface area contributed by atoms with Gasteiger partial charge in [-0.05, 0) is 54.6 Å². The summed E-state index contributed by atoms with van der Waals surface area (Å²) in [6, 6.07) is 22.8. The van der Waals surface area contributed by atoms with Gasteiger partial charge in [-0.2, -0.15) is 5.10 Å². The molecule has 0 spiro atoms. The number of rotatable bonds is 8. The van der Waals surface area contributed by atoms with E-state index < -0.39 is 22.5 Å². The summed E-state index contributed by atoms with van der Waals surface area (Å²) in [5.41, 5.74) is 4.43. The third-order valence-electron chi connectivity index (χ3n) is 4.52. The van der Waals surface area contributed by atoms with Crippen LogP contribution >= 0.6 is 11.8 Å². The molecule has 3 rings (SSSR count). The molecule has 31 heavy (non-hydrogen) atoms. The molecule has 1 N–H and O–H groups in total. The van der Waals surface area contributed by atoms with E-state index in [1.54, 1.807) is 55.1 Å². The Balaban J connectivity index is 1.81. The van der Waals surface area contributed by atoms with E-state index in [1.165, 1.54) is 18.3 Å². The van der Waals surface area contributed by atoms with Gasteiger partial charge in [0.2, 0.25) is 0 Å². The Hall–Kier alpha value is -3.10. The Bertz CT molecular complexity index is 1160. The minimum Gasteiger partial charge on any atom is -0.271 e.